The Labute approximate surface area is 146 Å². The SMILES string of the molecule is CC(C)N(C(=O)CO/N=C\c1ccc2c(c1)OCO2)c1ccccc1. The molecule has 1 aliphatic heterocycles. The maximum atomic E-state index is 12.4. The standard InChI is InChI=1S/C19H20N2O4/c1-14(2)21(16-6-4-3-5-7-16)19(22)12-25-20-11-15-8-9-17-18(10-15)24-13-23-17/h3-11,14H,12-13H2,1-2H3/b20-11-. The molecule has 0 spiro atoms. The first kappa shape index (κ1) is 16.8. The fraction of sp³-hybridized carbons (Fsp3) is 0.263. The Balaban J connectivity index is 1.58. The van der Waals surface area contributed by atoms with Crippen molar-refractivity contribution in [1.29, 1.82) is 0 Å². The van der Waals surface area contributed by atoms with E-state index >= 15 is 0 Å². The van der Waals surface area contributed by atoms with Crippen LogP contribution in [0.25, 0.3) is 0 Å². The van der Waals surface area contributed by atoms with Crippen molar-refractivity contribution in [3.63, 3.8) is 0 Å². The second-order valence-corrected chi connectivity index (χ2v) is 5.81. The largest absolute Gasteiger partial charge is 0.454 e. The van der Waals surface area contributed by atoms with Crippen molar-refractivity contribution < 1.29 is 19.1 Å². The van der Waals surface area contributed by atoms with E-state index in [0.29, 0.717) is 11.5 Å². The van der Waals surface area contributed by atoms with Crippen LogP contribution in [0.3, 0.4) is 0 Å². The highest BCUT2D eigenvalue weighted by molar-refractivity contribution is 5.94. The number of hydrogen-bond acceptors (Lipinski definition) is 5. The Hall–Kier alpha value is -3.02. The molecule has 0 saturated heterocycles. The monoisotopic (exact) mass is 340 g/mol. The van der Waals surface area contributed by atoms with Crippen LogP contribution in [0.15, 0.2) is 53.7 Å². The molecule has 2 aromatic carbocycles. The van der Waals surface area contributed by atoms with Crippen LogP contribution in [0, 0.1) is 0 Å². The number of para-hydroxylation sites is 1. The second kappa shape index (κ2) is 7.70. The number of oxime groups is 1. The lowest BCUT2D eigenvalue weighted by Crippen LogP contribution is -2.39. The van der Waals surface area contributed by atoms with Gasteiger partial charge in [0.05, 0.1) is 6.21 Å². The van der Waals surface area contributed by atoms with Gasteiger partial charge in [0.15, 0.2) is 18.1 Å². The van der Waals surface area contributed by atoms with Crippen molar-refractivity contribution >= 4 is 17.8 Å². The molecule has 0 aromatic heterocycles. The van der Waals surface area contributed by atoms with Crippen LogP contribution in [0.5, 0.6) is 11.5 Å². The van der Waals surface area contributed by atoms with E-state index in [1.165, 1.54) is 6.21 Å². The van der Waals surface area contributed by atoms with Gasteiger partial charge in [-0.05, 0) is 44.2 Å². The van der Waals surface area contributed by atoms with Gasteiger partial charge in [0.2, 0.25) is 6.79 Å². The highest BCUT2D eigenvalue weighted by Gasteiger charge is 2.19. The fourth-order valence-electron chi connectivity index (χ4n) is 2.57. The lowest BCUT2D eigenvalue weighted by Gasteiger charge is -2.26. The molecule has 0 aliphatic carbocycles. The molecule has 25 heavy (non-hydrogen) atoms. The van der Waals surface area contributed by atoms with Crippen LogP contribution in [0.4, 0.5) is 5.69 Å². The van der Waals surface area contributed by atoms with Crippen LogP contribution in [-0.4, -0.2) is 31.6 Å². The van der Waals surface area contributed by atoms with Gasteiger partial charge in [-0.25, -0.2) is 0 Å². The summed E-state index contributed by atoms with van der Waals surface area (Å²) in [6, 6.07) is 15.0. The van der Waals surface area contributed by atoms with E-state index in [2.05, 4.69) is 5.16 Å². The molecule has 0 saturated carbocycles. The smallest absolute Gasteiger partial charge is 0.267 e. The van der Waals surface area contributed by atoms with E-state index in [4.69, 9.17) is 14.3 Å². The summed E-state index contributed by atoms with van der Waals surface area (Å²) >= 11 is 0. The van der Waals surface area contributed by atoms with E-state index in [1.54, 1.807) is 11.0 Å². The number of ether oxygens (including phenoxy) is 2. The molecule has 1 heterocycles. The zero-order valence-electron chi connectivity index (χ0n) is 14.2. The van der Waals surface area contributed by atoms with Crippen molar-refractivity contribution in [2.24, 2.45) is 5.16 Å². The third kappa shape index (κ3) is 4.09. The minimum atomic E-state index is -0.149. The fourth-order valence-corrected chi connectivity index (χ4v) is 2.57. The Morgan fingerprint density at radius 3 is 2.72 bits per heavy atom. The van der Waals surface area contributed by atoms with Gasteiger partial charge < -0.3 is 19.2 Å². The van der Waals surface area contributed by atoms with Gasteiger partial charge in [-0.2, -0.15) is 0 Å². The van der Waals surface area contributed by atoms with E-state index in [1.807, 2.05) is 56.3 Å². The Bertz CT molecular complexity index is 759. The summed E-state index contributed by atoms with van der Waals surface area (Å²) in [5.41, 5.74) is 1.64. The molecule has 0 bridgehead atoms. The molecule has 0 radical (unpaired) electrons. The van der Waals surface area contributed by atoms with E-state index in [9.17, 15) is 4.79 Å². The van der Waals surface area contributed by atoms with E-state index in [0.717, 1.165) is 11.3 Å². The van der Waals surface area contributed by atoms with Gasteiger partial charge in [-0.15, -0.1) is 0 Å². The van der Waals surface area contributed by atoms with Gasteiger partial charge in [-0.3, -0.25) is 4.79 Å². The topological polar surface area (TPSA) is 60.4 Å². The van der Waals surface area contributed by atoms with Crippen molar-refractivity contribution in [2.45, 2.75) is 19.9 Å². The predicted molar refractivity (Wildman–Crippen MR) is 95.2 cm³/mol. The number of fused-ring (bicyclic) bond motifs is 1. The zero-order valence-corrected chi connectivity index (χ0v) is 14.2. The maximum absolute atomic E-state index is 12.4. The highest BCUT2D eigenvalue weighted by Crippen LogP contribution is 2.31. The van der Waals surface area contributed by atoms with Crippen molar-refractivity contribution in [2.75, 3.05) is 18.3 Å². The number of amides is 1. The van der Waals surface area contributed by atoms with Gasteiger partial charge >= 0.3 is 0 Å². The molecule has 3 rings (SSSR count). The first-order valence-corrected chi connectivity index (χ1v) is 8.07. The van der Waals surface area contributed by atoms with Crippen molar-refractivity contribution in [1.82, 2.24) is 0 Å². The van der Waals surface area contributed by atoms with Gasteiger partial charge in [0, 0.05) is 17.3 Å². The van der Waals surface area contributed by atoms with Crippen LogP contribution < -0.4 is 14.4 Å². The van der Waals surface area contributed by atoms with E-state index < -0.39 is 0 Å². The third-order valence-corrected chi connectivity index (χ3v) is 3.68. The van der Waals surface area contributed by atoms with Crippen molar-refractivity contribution in [3.8, 4) is 11.5 Å². The van der Waals surface area contributed by atoms with Gasteiger partial charge in [-0.1, -0.05) is 23.4 Å². The Morgan fingerprint density at radius 1 is 1.20 bits per heavy atom. The summed E-state index contributed by atoms with van der Waals surface area (Å²) in [7, 11) is 0. The summed E-state index contributed by atoms with van der Waals surface area (Å²) in [4.78, 5) is 19.3. The quantitative estimate of drug-likeness (QED) is 0.598. The van der Waals surface area contributed by atoms with Crippen LogP contribution in [-0.2, 0) is 9.63 Å². The number of nitrogens with zero attached hydrogens (tertiary/aromatic N) is 2. The van der Waals surface area contributed by atoms with Crippen LogP contribution in [0.1, 0.15) is 19.4 Å². The summed E-state index contributed by atoms with van der Waals surface area (Å²) < 4.78 is 10.6. The third-order valence-electron chi connectivity index (χ3n) is 3.68. The van der Waals surface area contributed by atoms with Gasteiger partial charge in [0.1, 0.15) is 0 Å². The zero-order chi connectivity index (χ0) is 17.6. The average Bonchev–Trinajstić information content (AvgIpc) is 3.07. The molecule has 6 nitrogen and oxygen atoms in total. The molecule has 2 aromatic rings. The van der Waals surface area contributed by atoms with Crippen LogP contribution in [0.2, 0.25) is 0 Å². The number of hydrogen-bond donors (Lipinski definition) is 0. The molecule has 0 fully saturated rings. The van der Waals surface area contributed by atoms with Crippen LogP contribution >= 0.6 is 0 Å². The number of benzene rings is 2. The Kier molecular flexibility index (Phi) is 5.18. The number of rotatable bonds is 6. The molecule has 0 unspecified atom stereocenters. The molecular formula is C19H20N2O4. The molecule has 0 atom stereocenters. The molecular weight excluding hydrogens is 320 g/mol. The van der Waals surface area contributed by atoms with Crippen molar-refractivity contribution in [3.05, 3.63) is 54.1 Å². The molecule has 0 N–H and O–H groups in total. The molecule has 1 aliphatic rings. The molecule has 130 valence electrons. The number of anilines is 1. The number of carbonyl (C=O) groups excluding carboxylic acids is 1. The average molecular weight is 340 g/mol. The summed E-state index contributed by atoms with van der Waals surface area (Å²) in [6.45, 7) is 4.02. The lowest BCUT2D eigenvalue weighted by molar-refractivity contribution is -0.123. The van der Waals surface area contributed by atoms with Gasteiger partial charge in [0.25, 0.3) is 5.91 Å². The first-order valence-electron chi connectivity index (χ1n) is 8.07. The first-order chi connectivity index (χ1) is 12.1. The van der Waals surface area contributed by atoms with E-state index in [-0.39, 0.29) is 25.3 Å². The molecule has 1 amide bonds. The minimum absolute atomic E-state index is 0.0244. The highest BCUT2D eigenvalue weighted by atomic mass is 16.7. The normalized spacial score (nSPS) is 12.6. The Morgan fingerprint density at radius 2 is 1.96 bits per heavy atom. The lowest BCUT2D eigenvalue weighted by atomic mass is 10.2. The molecule has 6 heteroatoms. The summed E-state index contributed by atoms with van der Waals surface area (Å²) in [6.07, 6.45) is 1.54. The summed E-state index contributed by atoms with van der Waals surface area (Å²) in [5.74, 6) is 1.24. The minimum Gasteiger partial charge on any atom is -0.454 e. The summed E-state index contributed by atoms with van der Waals surface area (Å²) in [5, 5.41) is 3.87. The predicted octanol–water partition coefficient (Wildman–Crippen LogP) is 3.21. The maximum Gasteiger partial charge on any atom is 0.267 e. The number of carbonyl (C=O) groups is 1. The second-order valence-electron chi connectivity index (χ2n) is 5.81.